The number of carbonyl (C=O) groups is 2. The van der Waals surface area contributed by atoms with Crippen LogP contribution >= 0.6 is 11.6 Å². The van der Waals surface area contributed by atoms with Gasteiger partial charge in [-0.15, -0.1) is 0 Å². The third-order valence-electron chi connectivity index (χ3n) is 4.32. The first kappa shape index (κ1) is 22.3. The first-order chi connectivity index (χ1) is 13.8. The van der Waals surface area contributed by atoms with Crippen LogP contribution in [-0.4, -0.2) is 43.0 Å². The summed E-state index contributed by atoms with van der Waals surface area (Å²) in [6.07, 6.45) is 2.10. The zero-order valence-corrected chi connectivity index (χ0v) is 17.0. The maximum absolute atomic E-state index is 12.2. The van der Waals surface area contributed by atoms with Gasteiger partial charge in [-0.05, 0) is 30.5 Å². The van der Waals surface area contributed by atoms with Crippen molar-refractivity contribution in [3.8, 4) is 5.75 Å². The lowest BCUT2D eigenvalue weighted by molar-refractivity contribution is -0.142. The van der Waals surface area contributed by atoms with Crippen molar-refractivity contribution in [2.75, 3.05) is 14.2 Å². The van der Waals surface area contributed by atoms with E-state index in [1.54, 1.807) is 12.1 Å². The Bertz CT molecular complexity index is 844. The largest absolute Gasteiger partial charge is 0.508 e. The van der Waals surface area contributed by atoms with Crippen molar-refractivity contribution in [1.82, 2.24) is 5.32 Å². The fourth-order valence-corrected chi connectivity index (χ4v) is 2.69. The summed E-state index contributed by atoms with van der Waals surface area (Å²) in [7, 11) is 2.45. The molecule has 0 heterocycles. The second-order valence-corrected chi connectivity index (χ2v) is 6.91. The van der Waals surface area contributed by atoms with Gasteiger partial charge in [0.15, 0.2) is 5.71 Å². The number of hydrogen-bond acceptors (Lipinski definition) is 8. The number of esters is 2. The van der Waals surface area contributed by atoms with E-state index in [1.807, 2.05) is 0 Å². The standard InChI is InChI=1S/C20H24ClN3O5/c1-11(13-6-7-13)23-17(20(27)29-3)16(21)18(22)24-15(19(26)28-2)10-12-4-8-14(25)9-5-12/h4-5,8-9,13,15,24-25H,1,6-7,10,22H2,2-3H3/b18-16-,23-17+/t15-/m0/s1. The highest BCUT2D eigenvalue weighted by Gasteiger charge is 2.28. The normalized spacial score (nSPS) is 15.8. The fourth-order valence-electron chi connectivity index (χ4n) is 2.51. The Morgan fingerprint density at radius 1 is 1.31 bits per heavy atom. The molecule has 0 amide bonds. The third-order valence-corrected chi connectivity index (χ3v) is 4.70. The van der Waals surface area contributed by atoms with E-state index in [9.17, 15) is 14.7 Å². The lowest BCUT2D eigenvalue weighted by Gasteiger charge is -2.19. The Morgan fingerprint density at radius 3 is 2.45 bits per heavy atom. The minimum atomic E-state index is -0.885. The molecule has 0 bridgehead atoms. The quantitative estimate of drug-likeness (QED) is 0.411. The molecule has 156 valence electrons. The summed E-state index contributed by atoms with van der Waals surface area (Å²) in [4.78, 5) is 28.5. The van der Waals surface area contributed by atoms with Crippen LogP contribution in [0.15, 0.2) is 52.4 Å². The van der Waals surface area contributed by atoms with Gasteiger partial charge in [-0.1, -0.05) is 30.3 Å². The second-order valence-electron chi connectivity index (χ2n) is 6.54. The first-order valence-corrected chi connectivity index (χ1v) is 9.28. The number of halogens is 1. The number of nitrogens with zero attached hydrogens (tertiary/aromatic N) is 1. The van der Waals surface area contributed by atoms with Crippen molar-refractivity contribution in [3.05, 3.63) is 53.0 Å². The van der Waals surface area contributed by atoms with E-state index < -0.39 is 18.0 Å². The van der Waals surface area contributed by atoms with Crippen molar-refractivity contribution in [3.63, 3.8) is 0 Å². The van der Waals surface area contributed by atoms with E-state index in [2.05, 4.69) is 16.9 Å². The predicted molar refractivity (Wildman–Crippen MR) is 109 cm³/mol. The average Bonchev–Trinajstić information content (AvgIpc) is 3.56. The highest BCUT2D eigenvalue weighted by molar-refractivity contribution is 6.58. The number of ether oxygens (including phenoxy) is 2. The number of phenols is 1. The van der Waals surface area contributed by atoms with Crippen LogP contribution < -0.4 is 11.1 Å². The number of carbonyl (C=O) groups excluding carboxylic acids is 2. The topological polar surface area (TPSA) is 123 Å². The molecule has 0 spiro atoms. The molecule has 1 atom stereocenters. The smallest absolute Gasteiger partial charge is 0.358 e. The van der Waals surface area contributed by atoms with Crippen molar-refractivity contribution in [1.29, 1.82) is 0 Å². The van der Waals surface area contributed by atoms with E-state index in [-0.39, 0.29) is 34.7 Å². The van der Waals surface area contributed by atoms with Crippen LogP contribution in [0, 0.1) is 5.92 Å². The minimum Gasteiger partial charge on any atom is -0.508 e. The summed E-state index contributed by atoms with van der Waals surface area (Å²) in [5, 5.41) is 12.0. The zero-order valence-electron chi connectivity index (χ0n) is 16.3. The number of aliphatic imine (C=N–C) groups is 1. The van der Waals surface area contributed by atoms with Crippen LogP contribution in [0.4, 0.5) is 0 Å². The van der Waals surface area contributed by atoms with E-state index in [4.69, 9.17) is 26.8 Å². The van der Waals surface area contributed by atoms with Gasteiger partial charge >= 0.3 is 11.9 Å². The van der Waals surface area contributed by atoms with Gasteiger partial charge in [0.05, 0.1) is 14.2 Å². The van der Waals surface area contributed by atoms with Crippen LogP contribution in [0.1, 0.15) is 18.4 Å². The number of nitrogens with one attached hydrogen (secondary N) is 1. The van der Waals surface area contributed by atoms with Gasteiger partial charge in [0.2, 0.25) is 0 Å². The Kier molecular flexibility index (Phi) is 7.67. The summed E-state index contributed by atoms with van der Waals surface area (Å²) in [5.74, 6) is -1.16. The van der Waals surface area contributed by atoms with E-state index in [0.717, 1.165) is 18.4 Å². The SMILES string of the molecule is C=C(/N=C(C(=O)OC)\C(Cl)=C(/N)N[C@@H](Cc1ccc(O)cc1)C(=O)OC)C1CC1. The highest BCUT2D eigenvalue weighted by Crippen LogP contribution is 2.36. The molecule has 0 aromatic heterocycles. The number of nitrogens with two attached hydrogens (primary N) is 1. The Morgan fingerprint density at radius 2 is 1.93 bits per heavy atom. The number of allylic oxidation sites excluding steroid dienone is 1. The second kappa shape index (κ2) is 9.97. The van der Waals surface area contributed by atoms with Gasteiger partial charge in [-0.2, -0.15) is 0 Å². The summed E-state index contributed by atoms with van der Waals surface area (Å²) < 4.78 is 9.55. The van der Waals surface area contributed by atoms with Crippen molar-refractivity contribution >= 4 is 29.3 Å². The summed E-state index contributed by atoms with van der Waals surface area (Å²) in [6, 6.07) is 5.44. The molecule has 0 aliphatic heterocycles. The molecule has 29 heavy (non-hydrogen) atoms. The number of hydrogen-bond donors (Lipinski definition) is 3. The van der Waals surface area contributed by atoms with Crippen molar-refractivity contribution < 1.29 is 24.2 Å². The summed E-state index contributed by atoms with van der Waals surface area (Å²) in [6.45, 7) is 3.85. The van der Waals surface area contributed by atoms with E-state index >= 15 is 0 Å². The molecule has 4 N–H and O–H groups in total. The molecular formula is C20H24ClN3O5. The van der Waals surface area contributed by atoms with Crippen LogP contribution in [0.2, 0.25) is 0 Å². The first-order valence-electron chi connectivity index (χ1n) is 8.90. The molecule has 1 aliphatic carbocycles. The van der Waals surface area contributed by atoms with E-state index in [1.165, 1.54) is 26.4 Å². The summed E-state index contributed by atoms with van der Waals surface area (Å²) >= 11 is 6.29. The predicted octanol–water partition coefficient (Wildman–Crippen LogP) is 1.97. The van der Waals surface area contributed by atoms with Gasteiger partial charge in [-0.25, -0.2) is 14.6 Å². The molecule has 2 rings (SSSR count). The lowest BCUT2D eigenvalue weighted by Crippen LogP contribution is -2.42. The molecule has 1 saturated carbocycles. The molecule has 0 saturated heterocycles. The number of phenolic OH excluding ortho intramolecular Hbond substituents is 1. The molecule has 1 aromatic carbocycles. The number of rotatable bonds is 9. The van der Waals surface area contributed by atoms with Gasteiger partial charge in [0, 0.05) is 18.0 Å². The van der Waals surface area contributed by atoms with E-state index in [0.29, 0.717) is 5.70 Å². The van der Waals surface area contributed by atoms with Crippen LogP contribution in [0.3, 0.4) is 0 Å². The molecule has 1 fully saturated rings. The monoisotopic (exact) mass is 421 g/mol. The summed E-state index contributed by atoms with van der Waals surface area (Å²) in [5.41, 5.74) is 7.10. The third kappa shape index (κ3) is 6.25. The molecule has 0 radical (unpaired) electrons. The number of benzene rings is 1. The van der Waals surface area contributed by atoms with Crippen molar-refractivity contribution in [2.24, 2.45) is 16.6 Å². The molecule has 0 unspecified atom stereocenters. The fraction of sp³-hybridized carbons (Fsp3) is 0.350. The van der Waals surface area contributed by atoms with Crippen LogP contribution in [0.5, 0.6) is 5.75 Å². The molecule has 9 heteroatoms. The van der Waals surface area contributed by atoms with Gasteiger partial charge in [0.1, 0.15) is 22.6 Å². The zero-order chi connectivity index (χ0) is 21.6. The molecule has 8 nitrogen and oxygen atoms in total. The Hall–Kier alpha value is -3.00. The molecule has 1 aliphatic rings. The Balaban J connectivity index is 2.27. The Labute approximate surface area is 174 Å². The van der Waals surface area contributed by atoms with Crippen LogP contribution in [-0.2, 0) is 25.5 Å². The lowest BCUT2D eigenvalue weighted by atomic mass is 10.1. The maximum Gasteiger partial charge on any atom is 0.358 e. The van der Waals surface area contributed by atoms with Gasteiger partial charge in [0.25, 0.3) is 0 Å². The number of aromatic hydroxyl groups is 1. The van der Waals surface area contributed by atoms with Crippen LogP contribution in [0.25, 0.3) is 0 Å². The average molecular weight is 422 g/mol. The van der Waals surface area contributed by atoms with Crippen molar-refractivity contribution in [2.45, 2.75) is 25.3 Å². The molecule has 1 aromatic rings. The minimum absolute atomic E-state index is 0.105. The maximum atomic E-state index is 12.2. The van der Waals surface area contributed by atoms with Gasteiger partial charge < -0.3 is 25.6 Å². The molecular weight excluding hydrogens is 398 g/mol. The number of methoxy groups -OCH3 is 2. The van der Waals surface area contributed by atoms with Gasteiger partial charge in [-0.3, -0.25) is 0 Å². The highest BCUT2D eigenvalue weighted by atomic mass is 35.5.